The van der Waals surface area contributed by atoms with E-state index in [4.69, 9.17) is 4.74 Å². The maximum Gasteiger partial charge on any atom is 0.262 e. The van der Waals surface area contributed by atoms with Gasteiger partial charge >= 0.3 is 0 Å². The van der Waals surface area contributed by atoms with Crippen LogP contribution in [0.5, 0.6) is 5.75 Å². The van der Waals surface area contributed by atoms with E-state index in [9.17, 15) is 9.18 Å². The highest BCUT2D eigenvalue weighted by Crippen LogP contribution is 2.40. The lowest BCUT2D eigenvalue weighted by Crippen LogP contribution is -2.43. The highest BCUT2D eigenvalue weighted by molar-refractivity contribution is 6.12. The number of para-hydroxylation sites is 3. The third-order valence-corrected chi connectivity index (χ3v) is 4.44. The second-order valence-corrected chi connectivity index (χ2v) is 5.99. The topological polar surface area (TPSA) is 41.6 Å². The van der Waals surface area contributed by atoms with Crippen LogP contribution < -0.4 is 15.0 Å². The number of nitrogens with one attached hydrogen (secondary N) is 1. The molecule has 0 saturated carbocycles. The Morgan fingerprint density at radius 2 is 1.77 bits per heavy atom. The maximum atomic E-state index is 13.8. The zero-order valence-corrected chi connectivity index (χ0v) is 14.1. The summed E-state index contributed by atoms with van der Waals surface area (Å²) >= 11 is 0. The summed E-state index contributed by atoms with van der Waals surface area (Å²) in [6, 6.07) is 20.8. The fourth-order valence-electron chi connectivity index (χ4n) is 3.24. The Kier molecular flexibility index (Phi) is 4.05. The van der Waals surface area contributed by atoms with Crippen LogP contribution in [-0.4, -0.2) is 13.0 Å². The van der Waals surface area contributed by atoms with Crippen molar-refractivity contribution < 1.29 is 13.9 Å². The van der Waals surface area contributed by atoms with E-state index in [1.165, 1.54) is 12.1 Å². The summed E-state index contributed by atoms with van der Waals surface area (Å²) in [5.74, 6) is 0.0529. The molecule has 1 heterocycles. The lowest BCUT2D eigenvalue weighted by Gasteiger charge is -2.38. The fourth-order valence-corrected chi connectivity index (χ4v) is 3.24. The number of nitrogens with zero attached hydrogens (tertiary/aromatic N) is 1. The average Bonchev–Trinajstić information content (AvgIpc) is 2.68. The van der Waals surface area contributed by atoms with Crippen molar-refractivity contribution in [3.8, 4) is 5.75 Å². The molecule has 0 bridgehead atoms. The lowest BCUT2D eigenvalue weighted by molar-refractivity contribution is 0.0974. The zero-order chi connectivity index (χ0) is 18.1. The Morgan fingerprint density at radius 3 is 2.58 bits per heavy atom. The van der Waals surface area contributed by atoms with Crippen LogP contribution in [0.2, 0.25) is 0 Å². The number of hydrogen-bond donors (Lipinski definition) is 1. The molecule has 0 saturated heterocycles. The summed E-state index contributed by atoms with van der Waals surface area (Å²) in [6.45, 7) is 0. The molecule has 1 N–H and O–H groups in total. The van der Waals surface area contributed by atoms with Crippen molar-refractivity contribution in [1.29, 1.82) is 0 Å². The van der Waals surface area contributed by atoms with Gasteiger partial charge in [-0.1, -0.05) is 36.4 Å². The van der Waals surface area contributed by atoms with Crippen molar-refractivity contribution in [2.75, 3.05) is 17.3 Å². The number of carbonyl (C=O) groups excluding carboxylic acids is 1. The van der Waals surface area contributed by atoms with Gasteiger partial charge in [0.05, 0.1) is 18.4 Å². The van der Waals surface area contributed by atoms with E-state index in [2.05, 4.69) is 5.32 Å². The largest absolute Gasteiger partial charge is 0.495 e. The molecule has 1 atom stereocenters. The van der Waals surface area contributed by atoms with Gasteiger partial charge < -0.3 is 10.1 Å². The van der Waals surface area contributed by atoms with Crippen molar-refractivity contribution in [3.63, 3.8) is 0 Å². The predicted octanol–water partition coefficient (Wildman–Crippen LogP) is 4.61. The van der Waals surface area contributed by atoms with Crippen LogP contribution in [0.3, 0.4) is 0 Å². The van der Waals surface area contributed by atoms with Crippen LogP contribution >= 0.6 is 0 Å². The van der Waals surface area contributed by atoms with E-state index >= 15 is 0 Å². The summed E-state index contributed by atoms with van der Waals surface area (Å²) in [5.41, 5.74) is 2.55. The average molecular weight is 348 g/mol. The minimum Gasteiger partial charge on any atom is -0.495 e. The summed E-state index contributed by atoms with van der Waals surface area (Å²) in [4.78, 5) is 14.9. The van der Waals surface area contributed by atoms with Crippen molar-refractivity contribution in [1.82, 2.24) is 0 Å². The summed E-state index contributed by atoms with van der Waals surface area (Å²) in [7, 11) is 1.56. The second kappa shape index (κ2) is 6.52. The van der Waals surface area contributed by atoms with E-state index in [0.717, 1.165) is 5.69 Å². The number of halogens is 1. The van der Waals surface area contributed by atoms with Gasteiger partial charge in [-0.15, -0.1) is 0 Å². The molecule has 3 aromatic carbocycles. The minimum absolute atomic E-state index is 0.168. The van der Waals surface area contributed by atoms with Crippen LogP contribution in [0.25, 0.3) is 0 Å². The third kappa shape index (κ3) is 2.67. The number of methoxy groups -OCH3 is 1. The van der Waals surface area contributed by atoms with Crippen molar-refractivity contribution in [2.24, 2.45) is 0 Å². The summed E-state index contributed by atoms with van der Waals surface area (Å²) < 4.78 is 19.3. The first-order valence-electron chi connectivity index (χ1n) is 8.26. The first-order chi connectivity index (χ1) is 12.7. The molecule has 4 nitrogen and oxygen atoms in total. The Labute approximate surface area is 150 Å². The van der Waals surface area contributed by atoms with Crippen LogP contribution in [0, 0.1) is 5.82 Å². The molecular weight excluding hydrogens is 331 g/mol. The number of ether oxygens (including phenoxy) is 1. The van der Waals surface area contributed by atoms with Crippen molar-refractivity contribution in [3.05, 3.63) is 89.7 Å². The number of hydrogen-bond acceptors (Lipinski definition) is 3. The number of fused-ring (bicyclic) bond motifs is 1. The van der Waals surface area contributed by atoms with Gasteiger partial charge in [-0.25, -0.2) is 4.39 Å². The first kappa shape index (κ1) is 16.1. The highest BCUT2D eigenvalue weighted by Gasteiger charge is 2.35. The normalized spacial score (nSPS) is 16.0. The van der Waals surface area contributed by atoms with Crippen molar-refractivity contribution >= 4 is 17.3 Å². The number of amides is 1. The molecule has 0 radical (unpaired) electrons. The standard InChI is InChI=1S/C21H17FN2O2/c1-26-19-12-5-4-11-18(19)24-20(14-7-6-8-15(22)13-14)23-17-10-3-2-9-16(17)21(24)25/h2-13,20,23H,1H3/t20-/m1/s1. The molecule has 5 heteroatoms. The van der Waals surface area contributed by atoms with Gasteiger partial charge in [0.25, 0.3) is 5.91 Å². The highest BCUT2D eigenvalue weighted by atomic mass is 19.1. The second-order valence-electron chi connectivity index (χ2n) is 5.99. The molecule has 3 aromatic rings. The van der Waals surface area contributed by atoms with Gasteiger partial charge in [0.2, 0.25) is 0 Å². The fraction of sp³-hybridized carbons (Fsp3) is 0.0952. The molecule has 1 aliphatic heterocycles. The van der Waals surface area contributed by atoms with E-state index in [1.54, 1.807) is 36.3 Å². The Hall–Kier alpha value is -3.34. The predicted molar refractivity (Wildman–Crippen MR) is 99.0 cm³/mol. The van der Waals surface area contributed by atoms with Gasteiger partial charge in [0, 0.05) is 5.69 Å². The lowest BCUT2D eigenvalue weighted by atomic mass is 10.0. The minimum atomic E-state index is -0.551. The number of rotatable bonds is 3. The van der Waals surface area contributed by atoms with E-state index < -0.39 is 6.17 Å². The molecule has 130 valence electrons. The van der Waals surface area contributed by atoms with E-state index in [0.29, 0.717) is 22.6 Å². The Bertz CT molecular complexity index is 973. The third-order valence-electron chi connectivity index (χ3n) is 4.44. The Morgan fingerprint density at radius 1 is 1.00 bits per heavy atom. The summed E-state index contributed by atoms with van der Waals surface area (Å²) in [5, 5.41) is 3.35. The first-order valence-corrected chi connectivity index (χ1v) is 8.26. The maximum absolute atomic E-state index is 13.8. The van der Waals surface area contributed by atoms with Gasteiger partial charge in [0.15, 0.2) is 0 Å². The molecule has 0 aromatic heterocycles. The monoisotopic (exact) mass is 348 g/mol. The van der Waals surface area contributed by atoms with Crippen LogP contribution in [0.1, 0.15) is 22.1 Å². The number of carbonyl (C=O) groups is 1. The van der Waals surface area contributed by atoms with Gasteiger partial charge in [0.1, 0.15) is 17.7 Å². The van der Waals surface area contributed by atoms with Gasteiger partial charge in [-0.2, -0.15) is 0 Å². The van der Waals surface area contributed by atoms with Crippen molar-refractivity contribution in [2.45, 2.75) is 6.17 Å². The molecule has 4 rings (SSSR count). The molecule has 1 aliphatic rings. The molecule has 0 aliphatic carbocycles. The molecule has 26 heavy (non-hydrogen) atoms. The molecule has 0 spiro atoms. The van der Waals surface area contributed by atoms with Crippen LogP contribution in [0.15, 0.2) is 72.8 Å². The number of benzene rings is 3. The van der Waals surface area contributed by atoms with E-state index in [-0.39, 0.29) is 11.7 Å². The smallest absolute Gasteiger partial charge is 0.262 e. The molecule has 0 unspecified atom stereocenters. The quantitative estimate of drug-likeness (QED) is 0.752. The van der Waals surface area contributed by atoms with Gasteiger partial charge in [-0.3, -0.25) is 9.69 Å². The van der Waals surface area contributed by atoms with Crippen LogP contribution in [-0.2, 0) is 0 Å². The molecule has 0 fully saturated rings. The SMILES string of the molecule is COc1ccccc1N1C(=O)c2ccccc2N[C@H]1c1cccc(F)c1. The molecular formula is C21H17FN2O2. The zero-order valence-electron chi connectivity index (χ0n) is 14.1. The summed E-state index contributed by atoms with van der Waals surface area (Å²) in [6.07, 6.45) is -0.551. The van der Waals surface area contributed by atoms with E-state index in [1.807, 2.05) is 36.4 Å². The number of anilines is 2. The Balaban J connectivity index is 1.91. The molecule has 1 amide bonds. The van der Waals surface area contributed by atoms with Gasteiger partial charge in [-0.05, 0) is 42.0 Å². The van der Waals surface area contributed by atoms with Crippen LogP contribution in [0.4, 0.5) is 15.8 Å².